The van der Waals surface area contributed by atoms with Crippen LogP contribution in [0, 0.1) is 5.92 Å². The second-order valence-electron chi connectivity index (χ2n) is 9.78. The Bertz CT molecular complexity index is 699. The van der Waals surface area contributed by atoms with E-state index < -0.39 is 18.3 Å². The van der Waals surface area contributed by atoms with E-state index in [2.05, 4.69) is 37.0 Å². The first-order valence-electron chi connectivity index (χ1n) is 12.8. The average molecular weight is 483 g/mol. The second kappa shape index (κ2) is 15.5. The largest absolute Gasteiger partial charge is 0.388 e. The molecule has 1 saturated heterocycles. The fourth-order valence-electron chi connectivity index (χ4n) is 4.03. The van der Waals surface area contributed by atoms with Gasteiger partial charge in [0.2, 0.25) is 5.91 Å². The minimum Gasteiger partial charge on any atom is -0.388 e. The molecular formula is C25H46N4O5. The Morgan fingerprint density at radius 2 is 2.06 bits per heavy atom. The van der Waals surface area contributed by atoms with Gasteiger partial charge in [-0.1, -0.05) is 20.8 Å². The third-order valence-electron chi connectivity index (χ3n) is 6.18. The maximum absolute atomic E-state index is 12.5. The van der Waals surface area contributed by atoms with Gasteiger partial charge in [-0.15, -0.1) is 0 Å². The molecule has 34 heavy (non-hydrogen) atoms. The van der Waals surface area contributed by atoms with E-state index in [9.17, 15) is 15.0 Å². The predicted molar refractivity (Wildman–Crippen MR) is 131 cm³/mol. The Morgan fingerprint density at radius 3 is 2.76 bits per heavy atom. The van der Waals surface area contributed by atoms with Crippen LogP contribution in [0.1, 0.15) is 58.9 Å². The second-order valence-corrected chi connectivity index (χ2v) is 9.78. The molecule has 1 aliphatic heterocycles. The number of hydrogen-bond donors (Lipinski definition) is 2. The normalized spacial score (nSPS) is 24.3. The van der Waals surface area contributed by atoms with E-state index in [1.165, 1.54) is 0 Å². The lowest BCUT2D eigenvalue weighted by Gasteiger charge is -2.33. The molecule has 1 fully saturated rings. The standard InChI is InChI=1S/C25H46N4O5/c1-5-9-29-17-22(15-26-29)16-27-10-6-7-13-33-19-23(31)25(32)24(34-14-8-20(2)3)18-28(12-11-27)21(4)30/h15,17,20,23-25,31-32H,5-14,16,18-19H2,1-4H3/t23-,24-,25-/m1/s1. The quantitative estimate of drug-likeness (QED) is 0.584. The van der Waals surface area contributed by atoms with Gasteiger partial charge in [-0.25, -0.2) is 0 Å². The number of nitrogens with zero attached hydrogens (tertiary/aromatic N) is 4. The minimum atomic E-state index is -1.13. The molecule has 3 atom stereocenters. The van der Waals surface area contributed by atoms with Crippen molar-refractivity contribution in [3.05, 3.63) is 18.0 Å². The molecule has 1 aliphatic rings. The Hall–Kier alpha value is -1.52. The smallest absolute Gasteiger partial charge is 0.219 e. The van der Waals surface area contributed by atoms with Gasteiger partial charge in [0.05, 0.1) is 12.8 Å². The zero-order chi connectivity index (χ0) is 24.9. The monoisotopic (exact) mass is 482 g/mol. The van der Waals surface area contributed by atoms with Crippen molar-refractivity contribution in [1.82, 2.24) is 19.6 Å². The van der Waals surface area contributed by atoms with Crippen LogP contribution in [0.25, 0.3) is 0 Å². The number of carbonyl (C=O) groups is 1. The van der Waals surface area contributed by atoms with E-state index in [0.29, 0.717) is 32.2 Å². The molecule has 0 aromatic carbocycles. The van der Waals surface area contributed by atoms with Gasteiger partial charge in [-0.05, 0) is 38.1 Å². The highest BCUT2D eigenvalue weighted by Gasteiger charge is 2.30. The molecular weight excluding hydrogens is 436 g/mol. The molecule has 9 heteroatoms. The van der Waals surface area contributed by atoms with Gasteiger partial charge in [0.1, 0.15) is 18.3 Å². The Labute approximate surface area is 205 Å². The third-order valence-corrected chi connectivity index (χ3v) is 6.18. The number of aliphatic hydroxyl groups is 2. The van der Waals surface area contributed by atoms with Crippen LogP contribution in [0.5, 0.6) is 0 Å². The summed E-state index contributed by atoms with van der Waals surface area (Å²) >= 11 is 0. The fourth-order valence-corrected chi connectivity index (χ4v) is 4.03. The summed E-state index contributed by atoms with van der Waals surface area (Å²) in [6.45, 7) is 13.0. The Morgan fingerprint density at radius 1 is 1.26 bits per heavy atom. The number of carbonyl (C=O) groups excluding carboxylic acids is 1. The van der Waals surface area contributed by atoms with Gasteiger partial charge >= 0.3 is 0 Å². The van der Waals surface area contributed by atoms with E-state index >= 15 is 0 Å². The van der Waals surface area contributed by atoms with Gasteiger partial charge in [0, 0.05) is 64.6 Å². The number of aryl methyl sites for hydroxylation is 1. The molecule has 2 rings (SSSR count). The van der Waals surface area contributed by atoms with Crippen LogP contribution in [0.15, 0.2) is 12.4 Å². The highest BCUT2D eigenvalue weighted by atomic mass is 16.5. The molecule has 1 aromatic heterocycles. The van der Waals surface area contributed by atoms with Crippen molar-refractivity contribution in [2.45, 2.75) is 84.8 Å². The molecule has 0 radical (unpaired) electrons. The number of aliphatic hydroxyl groups excluding tert-OH is 2. The SMILES string of the molecule is CCCn1cc(CN2CCCCOC[C@@H](O)[C@@H](O)[C@H](OCCC(C)C)CN(C(C)=O)CC2)cn1. The highest BCUT2D eigenvalue weighted by Crippen LogP contribution is 2.13. The van der Waals surface area contributed by atoms with Gasteiger partial charge in [-0.3, -0.25) is 14.4 Å². The van der Waals surface area contributed by atoms with E-state index in [-0.39, 0.29) is 19.1 Å². The van der Waals surface area contributed by atoms with Crippen molar-refractivity contribution in [2.75, 3.05) is 46.0 Å². The summed E-state index contributed by atoms with van der Waals surface area (Å²) in [6, 6.07) is 0. The molecule has 2 N–H and O–H groups in total. The van der Waals surface area contributed by atoms with Crippen molar-refractivity contribution in [1.29, 1.82) is 0 Å². The molecule has 0 saturated carbocycles. The lowest BCUT2D eigenvalue weighted by atomic mass is 10.1. The van der Waals surface area contributed by atoms with Crippen LogP contribution in [0.4, 0.5) is 0 Å². The van der Waals surface area contributed by atoms with Crippen LogP contribution in [0.2, 0.25) is 0 Å². The molecule has 2 heterocycles. The van der Waals surface area contributed by atoms with Crippen molar-refractivity contribution in [3.8, 4) is 0 Å². The predicted octanol–water partition coefficient (Wildman–Crippen LogP) is 1.91. The molecule has 196 valence electrons. The van der Waals surface area contributed by atoms with Crippen molar-refractivity contribution < 1.29 is 24.5 Å². The van der Waals surface area contributed by atoms with E-state index in [0.717, 1.165) is 50.9 Å². The summed E-state index contributed by atoms with van der Waals surface area (Å²) < 4.78 is 13.6. The van der Waals surface area contributed by atoms with Crippen molar-refractivity contribution >= 4 is 5.91 Å². The van der Waals surface area contributed by atoms with E-state index in [1.807, 2.05) is 10.9 Å². The number of ether oxygens (including phenoxy) is 2. The third kappa shape index (κ3) is 10.4. The van der Waals surface area contributed by atoms with Gasteiger partial charge in [-0.2, -0.15) is 5.10 Å². The first-order chi connectivity index (χ1) is 16.3. The molecule has 0 bridgehead atoms. The van der Waals surface area contributed by atoms with Crippen LogP contribution in [-0.4, -0.2) is 100 Å². The molecule has 0 unspecified atom stereocenters. The number of hydrogen-bond acceptors (Lipinski definition) is 7. The first kappa shape index (κ1) is 28.7. The molecule has 9 nitrogen and oxygen atoms in total. The molecule has 0 spiro atoms. The molecule has 0 aliphatic carbocycles. The van der Waals surface area contributed by atoms with Crippen molar-refractivity contribution in [2.24, 2.45) is 5.92 Å². The Kier molecular flexibility index (Phi) is 13.1. The maximum atomic E-state index is 12.5. The van der Waals surface area contributed by atoms with Gasteiger partial charge < -0.3 is 24.6 Å². The van der Waals surface area contributed by atoms with E-state index in [1.54, 1.807) is 11.8 Å². The zero-order valence-electron chi connectivity index (χ0n) is 21.6. The number of amides is 1. The highest BCUT2D eigenvalue weighted by molar-refractivity contribution is 5.73. The maximum Gasteiger partial charge on any atom is 0.219 e. The molecule has 1 amide bonds. The number of rotatable bonds is 8. The van der Waals surface area contributed by atoms with Crippen LogP contribution in [-0.2, 0) is 27.4 Å². The minimum absolute atomic E-state index is 0.0472. The number of aromatic nitrogens is 2. The summed E-state index contributed by atoms with van der Waals surface area (Å²) in [5.74, 6) is 0.390. The topological polar surface area (TPSA) is 100 Å². The van der Waals surface area contributed by atoms with Crippen LogP contribution >= 0.6 is 0 Å². The summed E-state index contributed by atoms with van der Waals surface area (Å²) in [6.07, 6.45) is 4.84. The summed E-state index contributed by atoms with van der Waals surface area (Å²) in [5, 5.41) is 25.7. The first-order valence-corrected chi connectivity index (χ1v) is 12.8. The summed E-state index contributed by atoms with van der Waals surface area (Å²) in [4.78, 5) is 16.5. The van der Waals surface area contributed by atoms with Crippen LogP contribution < -0.4 is 0 Å². The van der Waals surface area contributed by atoms with Gasteiger partial charge in [0.25, 0.3) is 0 Å². The van der Waals surface area contributed by atoms with Crippen molar-refractivity contribution in [3.63, 3.8) is 0 Å². The lowest BCUT2D eigenvalue weighted by molar-refractivity contribution is -0.140. The average Bonchev–Trinajstić information content (AvgIpc) is 3.22. The lowest BCUT2D eigenvalue weighted by Crippen LogP contribution is -2.50. The molecule has 1 aromatic rings. The summed E-state index contributed by atoms with van der Waals surface area (Å²) in [5.41, 5.74) is 1.16. The zero-order valence-corrected chi connectivity index (χ0v) is 21.6. The van der Waals surface area contributed by atoms with Gasteiger partial charge in [0.15, 0.2) is 0 Å². The van der Waals surface area contributed by atoms with E-state index in [4.69, 9.17) is 9.47 Å². The fraction of sp³-hybridized carbons (Fsp3) is 0.840. The Balaban J connectivity index is 2.10. The van der Waals surface area contributed by atoms with Crippen LogP contribution in [0.3, 0.4) is 0 Å². The summed E-state index contributed by atoms with van der Waals surface area (Å²) in [7, 11) is 0.